The lowest BCUT2D eigenvalue weighted by atomic mass is 10.1. The minimum absolute atomic E-state index is 0.565. The smallest absolute Gasteiger partial charge is 0.0544 e. The molecule has 1 atom stereocenters. The molecule has 16 heavy (non-hydrogen) atoms. The first kappa shape index (κ1) is 13.1. The molecule has 0 bridgehead atoms. The van der Waals surface area contributed by atoms with Crippen molar-refractivity contribution >= 4 is 0 Å². The molecule has 0 aliphatic rings. The Bertz CT molecular complexity index is 295. The van der Waals surface area contributed by atoms with Crippen LogP contribution in [-0.2, 0) is 13.1 Å². The van der Waals surface area contributed by atoms with Gasteiger partial charge in [0.25, 0.3) is 0 Å². The molecule has 1 heterocycles. The second kappa shape index (κ2) is 6.61. The third-order valence-corrected chi connectivity index (χ3v) is 2.87. The Morgan fingerprint density at radius 1 is 1.44 bits per heavy atom. The van der Waals surface area contributed by atoms with Crippen LogP contribution in [0.3, 0.4) is 0 Å². The summed E-state index contributed by atoms with van der Waals surface area (Å²) in [6, 6.07) is 4.12. The van der Waals surface area contributed by atoms with Crippen LogP contribution in [0.2, 0.25) is 0 Å². The second-order valence-electron chi connectivity index (χ2n) is 4.57. The lowest BCUT2D eigenvalue weighted by Crippen LogP contribution is -2.24. The van der Waals surface area contributed by atoms with Gasteiger partial charge in [-0.2, -0.15) is 0 Å². The van der Waals surface area contributed by atoms with Crippen LogP contribution in [0.4, 0.5) is 0 Å². The third-order valence-electron chi connectivity index (χ3n) is 2.87. The number of rotatable bonds is 6. The number of nitrogens with two attached hydrogens (primary N) is 1. The van der Waals surface area contributed by atoms with Crippen LogP contribution < -0.4 is 5.73 Å². The van der Waals surface area contributed by atoms with Gasteiger partial charge >= 0.3 is 0 Å². The lowest BCUT2D eigenvalue weighted by Gasteiger charge is -2.19. The highest BCUT2D eigenvalue weighted by molar-refractivity contribution is 5.13. The Morgan fingerprint density at radius 3 is 2.69 bits per heavy atom. The molecular weight excluding hydrogens is 198 g/mol. The lowest BCUT2D eigenvalue weighted by molar-refractivity contribution is 0.272. The van der Waals surface area contributed by atoms with E-state index in [4.69, 9.17) is 5.73 Å². The molecule has 0 aliphatic carbocycles. The highest BCUT2D eigenvalue weighted by atomic mass is 15.1. The molecule has 0 spiro atoms. The van der Waals surface area contributed by atoms with E-state index in [2.05, 4.69) is 42.9 Å². The first-order chi connectivity index (χ1) is 7.65. The molecular formula is C13H23N3. The van der Waals surface area contributed by atoms with Crippen molar-refractivity contribution in [2.45, 2.75) is 33.4 Å². The standard InChI is InChI=1S/C13H23N3/c1-4-11(2)9-16(3)10-13-6-5-12(7-14)8-15-13/h5-6,8,11H,4,7,9-10,14H2,1-3H3. The van der Waals surface area contributed by atoms with Crippen molar-refractivity contribution in [3.8, 4) is 0 Å². The highest BCUT2D eigenvalue weighted by Crippen LogP contribution is 2.06. The van der Waals surface area contributed by atoms with Gasteiger partial charge in [-0.05, 0) is 24.6 Å². The Labute approximate surface area is 98.7 Å². The fraction of sp³-hybridized carbons (Fsp3) is 0.615. The molecule has 0 saturated heterocycles. The van der Waals surface area contributed by atoms with Gasteiger partial charge < -0.3 is 10.6 Å². The van der Waals surface area contributed by atoms with Crippen molar-refractivity contribution in [3.05, 3.63) is 29.6 Å². The zero-order chi connectivity index (χ0) is 12.0. The summed E-state index contributed by atoms with van der Waals surface area (Å²) < 4.78 is 0. The van der Waals surface area contributed by atoms with Crippen LogP contribution >= 0.6 is 0 Å². The predicted octanol–water partition coefficient (Wildman–Crippen LogP) is 2.02. The van der Waals surface area contributed by atoms with Crippen LogP contribution in [-0.4, -0.2) is 23.5 Å². The van der Waals surface area contributed by atoms with Crippen molar-refractivity contribution in [2.24, 2.45) is 11.7 Å². The summed E-state index contributed by atoms with van der Waals surface area (Å²) >= 11 is 0. The summed E-state index contributed by atoms with van der Waals surface area (Å²) in [5, 5.41) is 0. The maximum Gasteiger partial charge on any atom is 0.0544 e. The van der Waals surface area contributed by atoms with Crippen LogP contribution in [0.5, 0.6) is 0 Å². The van der Waals surface area contributed by atoms with Gasteiger partial charge in [0.15, 0.2) is 0 Å². The summed E-state index contributed by atoms with van der Waals surface area (Å²) in [6.07, 6.45) is 3.09. The average Bonchev–Trinajstić information content (AvgIpc) is 2.29. The Hall–Kier alpha value is -0.930. The van der Waals surface area contributed by atoms with E-state index < -0.39 is 0 Å². The first-order valence-electron chi connectivity index (χ1n) is 5.98. The number of hydrogen-bond donors (Lipinski definition) is 1. The zero-order valence-corrected chi connectivity index (χ0v) is 10.6. The minimum atomic E-state index is 0.565. The fourth-order valence-corrected chi connectivity index (χ4v) is 1.67. The van der Waals surface area contributed by atoms with Crippen molar-refractivity contribution in [1.82, 2.24) is 9.88 Å². The minimum Gasteiger partial charge on any atom is -0.326 e. The predicted molar refractivity (Wildman–Crippen MR) is 67.9 cm³/mol. The number of hydrogen-bond acceptors (Lipinski definition) is 3. The van der Waals surface area contributed by atoms with Crippen molar-refractivity contribution in [1.29, 1.82) is 0 Å². The molecule has 2 N–H and O–H groups in total. The molecule has 90 valence electrons. The van der Waals surface area contributed by atoms with Crippen molar-refractivity contribution in [2.75, 3.05) is 13.6 Å². The fourth-order valence-electron chi connectivity index (χ4n) is 1.67. The maximum atomic E-state index is 5.53. The SMILES string of the molecule is CCC(C)CN(C)Cc1ccc(CN)cn1. The van der Waals surface area contributed by atoms with E-state index in [9.17, 15) is 0 Å². The van der Waals surface area contributed by atoms with Crippen LogP contribution in [0.25, 0.3) is 0 Å². The molecule has 0 amide bonds. The number of nitrogens with zero attached hydrogens (tertiary/aromatic N) is 2. The maximum absolute atomic E-state index is 5.53. The summed E-state index contributed by atoms with van der Waals surface area (Å²) in [5.41, 5.74) is 7.74. The Balaban J connectivity index is 2.46. The molecule has 0 fully saturated rings. The summed E-state index contributed by atoms with van der Waals surface area (Å²) in [7, 11) is 2.14. The van der Waals surface area contributed by atoms with Crippen molar-refractivity contribution in [3.63, 3.8) is 0 Å². The van der Waals surface area contributed by atoms with E-state index in [-0.39, 0.29) is 0 Å². The number of aromatic nitrogens is 1. The van der Waals surface area contributed by atoms with Gasteiger partial charge in [0.1, 0.15) is 0 Å². The van der Waals surface area contributed by atoms with Gasteiger partial charge in [0.05, 0.1) is 5.69 Å². The highest BCUT2D eigenvalue weighted by Gasteiger charge is 2.05. The topological polar surface area (TPSA) is 42.1 Å². The zero-order valence-electron chi connectivity index (χ0n) is 10.6. The molecule has 1 aromatic rings. The third kappa shape index (κ3) is 4.29. The van der Waals surface area contributed by atoms with E-state index >= 15 is 0 Å². The average molecular weight is 221 g/mol. The van der Waals surface area contributed by atoms with E-state index in [0.717, 1.165) is 30.3 Å². The molecule has 1 unspecified atom stereocenters. The van der Waals surface area contributed by atoms with Gasteiger partial charge in [-0.3, -0.25) is 4.98 Å². The van der Waals surface area contributed by atoms with Crippen LogP contribution in [0.1, 0.15) is 31.5 Å². The second-order valence-corrected chi connectivity index (χ2v) is 4.57. The monoisotopic (exact) mass is 221 g/mol. The largest absolute Gasteiger partial charge is 0.326 e. The van der Waals surface area contributed by atoms with E-state index in [1.807, 2.05) is 6.20 Å². The van der Waals surface area contributed by atoms with E-state index in [0.29, 0.717) is 6.54 Å². The molecule has 0 saturated carbocycles. The van der Waals surface area contributed by atoms with Gasteiger partial charge in [-0.15, -0.1) is 0 Å². The molecule has 0 aromatic carbocycles. The first-order valence-corrected chi connectivity index (χ1v) is 5.98. The molecule has 1 aromatic heterocycles. The molecule has 3 nitrogen and oxygen atoms in total. The van der Waals surface area contributed by atoms with E-state index in [1.54, 1.807) is 0 Å². The molecule has 3 heteroatoms. The molecule has 0 aliphatic heterocycles. The van der Waals surface area contributed by atoms with Gasteiger partial charge in [-0.1, -0.05) is 26.3 Å². The van der Waals surface area contributed by atoms with Gasteiger partial charge in [0.2, 0.25) is 0 Å². The van der Waals surface area contributed by atoms with E-state index in [1.165, 1.54) is 6.42 Å². The molecule has 1 rings (SSSR count). The summed E-state index contributed by atoms with van der Waals surface area (Å²) in [4.78, 5) is 6.72. The van der Waals surface area contributed by atoms with Gasteiger partial charge in [0, 0.05) is 25.8 Å². The Morgan fingerprint density at radius 2 is 2.19 bits per heavy atom. The number of pyridine rings is 1. The Kier molecular flexibility index (Phi) is 5.43. The van der Waals surface area contributed by atoms with Crippen molar-refractivity contribution < 1.29 is 0 Å². The summed E-state index contributed by atoms with van der Waals surface area (Å²) in [6.45, 7) is 7.11. The quantitative estimate of drug-likeness (QED) is 0.799. The van der Waals surface area contributed by atoms with Gasteiger partial charge in [-0.25, -0.2) is 0 Å². The van der Waals surface area contributed by atoms with Crippen LogP contribution in [0, 0.1) is 5.92 Å². The molecule has 0 radical (unpaired) electrons. The normalized spacial score (nSPS) is 13.1. The summed E-state index contributed by atoms with van der Waals surface area (Å²) in [5.74, 6) is 0.744. The van der Waals surface area contributed by atoms with Crippen LogP contribution in [0.15, 0.2) is 18.3 Å².